The van der Waals surface area contributed by atoms with Crippen molar-refractivity contribution in [2.45, 2.75) is 45.1 Å². The molecule has 1 unspecified atom stereocenters. The maximum atomic E-state index is 12.3. The van der Waals surface area contributed by atoms with Gasteiger partial charge in [-0.15, -0.1) is 0 Å². The number of carbonyl (C=O) groups is 1. The van der Waals surface area contributed by atoms with Crippen LogP contribution in [0, 0.1) is 0 Å². The van der Waals surface area contributed by atoms with Gasteiger partial charge in [0, 0.05) is 23.4 Å². The van der Waals surface area contributed by atoms with Gasteiger partial charge in [0.15, 0.2) is 5.60 Å². The molecule has 1 aliphatic heterocycles. The second-order valence-electron chi connectivity index (χ2n) is 6.93. The molecule has 6 heteroatoms. The molecule has 26 heavy (non-hydrogen) atoms. The van der Waals surface area contributed by atoms with Crippen molar-refractivity contribution in [2.75, 3.05) is 0 Å². The lowest BCUT2D eigenvalue weighted by atomic mass is 9.84. The first-order chi connectivity index (χ1) is 12.2. The molecule has 0 aliphatic carbocycles. The molecule has 2 aromatic carbocycles. The van der Waals surface area contributed by atoms with Crippen LogP contribution in [0.15, 0.2) is 53.0 Å². The zero-order valence-electron chi connectivity index (χ0n) is 15.0. The molecular weight excluding hydrogens is 398 g/mol. The first kappa shape index (κ1) is 18.9. The molecule has 0 fully saturated rings. The van der Waals surface area contributed by atoms with Gasteiger partial charge in [-0.3, -0.25) is 9.63 Å². The van der Waals surface area contributed by atoms with Gasteiger partial charge in [-0.1, -0.05) is 46.3 Å². The van der Waals surface area contributed by atoms with Crippen molar-refractivity contribution in [3.63, 3.8) is 0 Å². The number of hydrogen-bond donors (Lipinski definition) is 1. The molecule has 2 aromatic rings. The van der Waals surface area contributed by atoms with E-state index in [9.17, 15) is 9.90 Å². The van der Waals surface area contributed by atoms with Crippen LogP contribution in [0.2, 0.25) is 0 Å². The van der Waals surface area contributed by atoms with Gasteiger partial charge in [0.05, 0.1) is 0 Å². The smallest absolute Gasteiger partial charge is 0.245 e. The average molecular weight is 420 g/mol. The van der Waals surface area contributed by atoms with Crippen LogP contribution in [0.25, 0.3) is 0 Å². The number of aliphatic hydroxyl groups is 1. The zero-order valence-corrected chi connectivity index (χ0v) is 16.6. The van der Waals surface area contributed by atoms with Gasteiger partial charge in [-0.2, -0.15) is 5.06 Å². The lowest BCUT2D eigenvalue weighted by Gasteiger charge is -2.50. The van der Waals surface area contributed by atoms with Gasteiger partial charge in [-0.25, -0.2) is 0 Å². The molecule has 0 radical (unpaired) electrons. The molecule has 1 atom stereocenters. The van der Waals surface area contributed by atoms with E-state index in [1.807, 2.05) is 48.5 Å². The van der Waals surface area contributed by atoms with Crippen LogP contribution < -0.4 is 4.74 Å². The molecule has 5 nitrogen and oxygen atoms in total. The standard InChI is InChI=1S/C20H22BrNO4/c1-14(23)22(25-13-15-7-5-4-6-8-15)20(24)12-16-11-17(21)9-10-18(16)26-19(20,2)3/h4-11,24H,12-13H2,1-3H3. The van der Waals surface area contributed by atoms with E-state index in [-0.39, 0.29) is 13.0 Å². The van der Waals surface area contributed by atoms with Crippen LogP contribution in [0.1, 0.15) is 31.9 Å². The molecule has 1 amide bonds. The molecule has 0 aromatic heterocycles. The highest BCUT2D eigenvalue weighted by atomic mass is 79.9. The van der Waals surface area contributed by atoms with Crippen LogP contribution >= 0.6 is 15.9 Å². The number of halogens is 1. The number of ether oxygens (including phenoxy) is 1. The number of nitrogens with zero attached hydrogens (tertiary/aromatic N) is 1. The highest BCUT2D eigenvalue weighted by molar-refractivity contribution is 9.10. The van der Waals surface area contributed by atoms with E-state index in [4.69, 9.17) is 9.57 Å². The molecule has 1 aliphatic rings. The Balaban J connectivity index is 1.92. The Morgan fingerprint density at radius 2 is 1.96 bits per heavy atom. The average Bonchev–Trinajstić information content (AvgIpc) is 2.57. The van der Waals surface area contributed by atoms with E-state index in [0.29, 0.717) is 5.75 Å². The normalized spacial score (nSPS) is 20.8. The third-order valence-electron chi connectivity index (χ3n) is 4.61. The van der Waals surface area contributed by atoms with E-state index in [1.165, 1.54) is 6.92 Å². The van der Waals surface area contributed by atoms with Crippen LogP contribution in [0.3, 0.4) is 0 Å². The van der Waals surface area contributed by atoms with Crippen LogP contribution in [0.4, 0.5) is 0 Å². The Labute approximate surface area is 161 Å². The summed E-state index contributed by atoms with van der Waals surface area (Å²) in [5.41, 5.74) is -1.01. The molecule has 1 N–H and O–H groups in total. The fraction of sp³-hybridized carbons (Fsp3) is 0.350. The van der Waals surface area contributed by atoms with Gasteiger partial charge >= 0.3 is 0 Å². The Hall–Kier alpha value is -1.89. The molecule has 138 valence electrons. The number of hydroxylamine groups is 2. The topological polar surface area (TPSA) is 59.0 Å². The largest absolute Gasteiger partial charge is 0.482 e. The highest BCUT2D eigenvalue weighted by Gasteiger charge is 2.55. The monoisotopic (exact) mass is 419 g/mol. The predicted molar refractivity (Wildman–Crippen MR) is 101 cm³/mol. The van der Waals surface area contributed by atoms with Crippen molar-refractivity contribution in [2.24, 2.45) is 0 Å². The Morgan fingerprint density at radius 1 is 1.27 bits per heavy atom. The third-order valence-corrected chi connectivity index (χ3v) is 5.11. The maximum Gasteiger partial charge on any atom is 0.245 e. The second kappa shape index (κ2) is 7.02. The summed E-state index contributed by atoms with van der Waals surface area (Å²) < 4.78 is 6.90. The first-order valence-corrected chi connectivity index (χ1v) is 9.20. The van der Waals surface area contributed by atoms with Crippen molar-refractivity contribution >= 4 is 21.8 Å². The summed E-state index contributed by atoms with van der Waals surface area (Å²) in [4.78, 5) is 18.1. The fourth-order valence-corrected chi connectivity index (χ4v) is 3.52. The van der Waals surface area contributed by atoms with E-state index < -0.39 is 17.2 Å². The minimum absolute atomic E-state index is 0.171. The van der Waals surface area contributed by atoms with Gasteiger partial charge in [-0.05, 0) is 37.6 Å². The summed E-state index contributed by atoms with van der Waals surface area (Å²) in [6, 6.07) is 15.1. The summed E-state index contributed by atoms with van der Waals surface area (Å²) in [5, 5.41) is 12.5. The summed E-state index contributed by atoms with van der Waals surface area (Å²) >= 11 is 3.43. The van der Waals surface area contributed by atoms with Crippen LogP contribution in [-0.2, 0) is 22.7 Å². The van der Waals surface area contributed by atoms with Gasteiger partial charge in [0.1, 0.15) is 12.4 Å². The summed E-state index contributed by atoms with van der Waals surface area (Å²) in [5.74, 6) is 0.299. The van der Waals surface area contributed by atoms with Crippen molar-refractivity contribution in [1.29, 1.82) is 0 Å². The van der Waals surface area contributed by atoms with Gasteiger partial charge < -0.3 is 9.84 Å². The Kier molecular flexibility index (Phi) is 5.10. The Morgan fingerprint density at radius 3 is 2.62 bits per heavy atom. The molecule has 1 heterocycles. The summed E-state index contributed by atoms with van der Waals surface area (Å²) in [6.07, 6.45) is 0.198. The van der Waals surface area contributed by atoms with E-state index in [0.717, 1.165) is 20.7 Å². The number of fused-ring (bicyclic) bond motifs is 1. The van der Waals surface area contributed by atoms with E-state index in [2.05, 4.69) is 15.9 Å². The minimum atomic E-state index is -1.65. The van der Waals surface area contributed by atoms with Crippen LogP contribution in [0.5, 0.6) is 5.75 Å². The third kappa shape index (κ3) is 3.49. The molecule has 0 spiro atoms. The van der Waals surface area contributed by atoms with Crippen LogP contribution in [-0.4, -0.2) is 27.4 Å². The van der Waals surface area contributed by atoms with Gasteiger partial charge in [0.25, 0.3) is 0 Å². The minimum Gasteiger partial charge on any atom is -0.482 e. The number of amides is 1. The Bertz CT molecular complexity index is 809. The van der Waals surface area contributed by atoms with Crippen molar-refractivity contribution in [3.05, 3.63) is 64.1 Å². The maximum absolute atomic E-state index is 12.3. The predicted octanol–water partition coefficient (Wildman–Crippen LogP) is 3.83. The van der Waals surface area contributed by atoms with E-state index in [1.54, 1.807) is 13.8 Å². The summed E-state index contributed by atoms with van der Waals surface area (Å²) in [7, 11) is 0. The second-order valence-corrected chi connectivity index (χ2v) is 7.85. The molecule has 3 rings (SSSR count). The van der Waals surface area contributed by atoms with Crippen molar-refractivity contribution in [3.8, 4) is 5.75 Å². The fourth-order valence-electron chi connectivity index (χ4n) is 3.11. The van der Waals surface area contributed by atoms with Gasteiger partial charge in [0.2, 0.25) is 11.6 Å². The lowest BCUT2D eigenvalue weighted by molar-refractivity contribution is -0.326. The number of hydrogen-bond acceptors (Lipinski definition) is 4. The molecule has 0 saturated heterocycles. The summed E-state index contributed by atoms with van der Waals surface area (Å²) in [6.45, 7) is 5.04. The number of benzene rings is 2. The van der Waals surface area contributed by atoms with E-state index >= 15 is 0 Å². The quantitative estimate of drug-likeness (QED) is 0.604. The molecule has 0 saturated carbocycles. The molecule has 0 bridgehead atoms. The number of carbonyl (C=O) groups excluding carboxylic acids is 1. The highest BCUT2D eigenvalue weighted by Crippen LogP contribution is 2.42. The lowest BCUT2D eigenvalue weighted by Crippen LogP contribution is -2.68. The number of rotatable bonds is 4. The molecular formula is C20H22BrNO4. The van der Waals surface area contributed by atoms with Crippen molar-refractivity contribution < 1.29 is 19.5 Å². The zero-order chi connectivity index (χ0) is 18.9. The first-order valence-electron chi connectivity index (χ1n) is 8.40. The van der Waals surface area contributed by atoms with Crippen molar-refractivity contribution in [1.82, 2.24) is 5.06 Å². The SMILES string of the molecule is CC(=O)N(OCc1ccccc1)C1(O)Cc2cc(Br)ccc2OC1(C)C.